The van der Waals surface area contributed by atoms with Gasteiger partial charge in [0.2, 0.25) is 5.91 Å². The summed E-state index contributed by atoms with van der Waals surface area (Å²) >= 11 is 1.53. The van der Waals surface area contributed by atoms with Crippen LogP contribution in [-0.4, -0.2) is 24.1 Å². The molecule has 1 aliphatic rings. The van der Waals surface area contributed by atoms with E-state index in [0.29, 0.717) is 24.4 Å². The van der Waals surface area contributed by atoms with Gasteiger partial charge >= 0.3 is 0 Å². The van der Waals surface area contributed by atoms with E-state index in [2.05, 4.69) is 37.4 Å². The fourth-order valence-corrected chi connectivity index (χ4v) is 3.91. The molecule has 2 aromatic carbocycles. The molecule has 2 aromatic rings. The topological polar surface area (TPSA) is 49.4 Å². The van der Waals surface area contributed by atoms with Gasteiger partial charge in [-0.1, -0.05) is 30.7 Å². The molecule has 1 heterocycles. The van der Waals surface area contributed by atoms with Gasteiger partial charge in [-0.25, -0.2) is 0 Å². The highest BCUT2D eigenvalue weighted by Crippen LogP contribution is 2.37. The number of thioether (sulfide) groups is 1. The predicted octanol–water partition coefficient (Wildman–Crippen LogP) is 4.08. The Morgan fingerprint density at radius 3 is 2.77 bits per heavy atom. The maximum atomic E-state index is 12.6. The third kappa shape index (κ3) is 3.93. The maximum Gasteiger partial charge on any atom is 0.251 e. The molecule has 2 amide bonds. The van der Waals surface area contributed by atoms with Crippen LogP contribution in [0.15, 0.2) is 41.3 Å². The van der Waals surface area contributed by atoms with Crippen LogP contribution in [0.25, 0.3) is 0 Å². The molecule has 0 saturated heterocycles. The van der Waals surface area contributed by atoms with Crippen LogP contribution < -0.4 is 10.2 Å². The molecular formula is C21H24N2O2S. The largest absolute Gasteiger partial charge is 0.352 e. The zero-order valence-corrected chi connectivity index (χ0v) is 16.3. The maximum absolute atomic E-state index is 12.6. The zero-order chi connectivity index (χ0) is 18.7. The fourth-order valence-electron chi connectivity index (χ4n) is 3.00. The van der Waals surface area contributed by atoms with Crippen molar-refractivity contribution in [3.63, 3.8) is 0 Å². The Morgan fingerprint density at radius 2 is 2.00 bits per heavy atom. The van der Waals surface area contributed by atoms with Gasteiger partial charge in [-0.2, -0.15) is 0 Å². The van der Waals surface area contributed by atoms with Gasteiger partial charge in [0, 0.05) is 17.0 Å². The molecule has 5 heteroatoms. The Morgan fingerprint density at radius 1 is 1.19 bits per heavy atom. The van der Waals surface area contributed by atoms with Gasteiger partial charge in [0.15, 0.2) is 0 Å². The summed E-state index contributed by atoms with van der Waals surface area (Å²) in [5, 5.41) is 2.90. The van der Waals surface area contributed by atoms with Crippen LogP contribution >= 0.6 is 11.8 Å². The van der Waals surface area contributed by atoms with E-state index in [1.165, 1.54) is 22.9 Å². The first kappa shape index (κ1) is 18.5. The molecule has 0 spiro atoms. The number of amides is 2. The van der Waals surface area contributed by atoms with Crippen LogP contribution in [0.4, 0.5) is 5.69 Å². The highest BCUT2D eigenvalue weighted by atomic mass is 32.2. The summed E-state index contributed by atoms with van der Waals surface area (Å²) in [5.74, 6) is 0.415. The Hall–Kier alpha value is -2.27. The number of rotatable bonds is 5. The van der Waals surface area contributed by atoms with Crippen molar-refractivity contribution in [1.82, 2.24) is 5.32 Å². The van der Waals surface area contributed by atoms with Gasteiger partial charge in [0.25, 0.3) is 5.91 Å². The quantitative estimate of drug-likeness (QED) is 0.865. The lowest BCUT2D eigenvalue weighted by Crippen LogP contribution is -2.35. The second-order valence-electron chi connectivity index (χ2n) is 6.64. The zero-order valence-electron chi connectivity index (χ0n) is 15.5. The molecule has 4 nitrogen and oxygen atoms in total. The van der Waals surface area contributed by atoms with Crippen LogP contribution in [-0.2, 0) is 11.3 Å². The molecular weight excluding hydrogens is 344 g/mol. The first-order valence-electron chi connectivity index (χ1n) is 8.91. The normalized spacial score (nSPS) is 13.5. The molecule has 0 aliphatic carbocycles. The fraction of sp³-hybridized carbons (Fsp3) is 0.333. The molecule has 136 valence electrons. The van der Waals surface area contributed by atoms with Crippen molar-refractivity contribution in [2.24, 2.45) is 0 Å². The number of carbonyl (C=O) groups excluding carboxylic acids is 2. The molecule has 1 aliphatic heterocycles. The van der Waals surface area contributed by atoms with E-state index < -0.39 is 0 Å². The summed E-state index contributed by atoms with van der Waals surface area (Å²) < 4.78 is 0. The number of nitrogens with one attached hydrogen (secondary N) is 1. The number of benzene rings is 2. The lowest BCUT2D eigenvalue weighted by atomic mass is 10.0. The average Bonchev–Trinajstić information content (AvgIpc) is 2.64. The molecule has 0 bridgehead atoms. The summed E-state index contributed by atoms with van der Waals surface area (Å²) in [6.45, 7) is 7.32. The van der Waals surface area contributed by atoms with Crippen molar-refractivity contribution in [3.05, 3.63) is 58.7 Å². The number of nitrogens with zero attached hydrogens (tertiary/aromatic N) is 1. The Balaban J connectivity index is 1.94. The molecule has 0 aromatic heterocycles. The van der Waals surface area contributed by atoms with Crippen molar-refractivity contribution >= 4 is 29.3 Å². The molecule has 3 rings (SSSR count). The summed E-state index contributed by atoms with van der Waals surface area (Å²) in [5.41, 5.74) is 4.91. The second kappa shape index (κ2) is 7.96. The van der Waals surface area contributed by atoms with Gasteiger partial charge in [-0.3, -0.25) is 9.59 Å². The summed E-state index contributed by atoms with van der Waals surface area (Å²) in [4.78, 5) is 27.8. The lowest BCUT2D eigenvalue weighted by Gasteiger charge is -2.30. The van der Waals surface area contributed by atoms with E-state index in [4.69, 9.17) is 0 Å². The van der Waals surface area contributed by atoms with E-state index in [9.17, 15) is 9.59 Å². The SMILES string of the molecule is CCCNC(=O)c1ccc2c(c1)N(Cc1cc(C)ccc1C)C(=O)CS2. The monoisotopic (exact) mass is 368 g/mol. The van der Waals surface area contributed by atoms with Gasteiger partial charge in [-0.15, -0.1) is 11.8 Å². The number of aryl methyl sites for hydroxylation is 2. The molecule has 0 radical (unpaired) electrons. The van der Waals surface area contributed by atoms with Crippen LogP contribution in [0.5, 0.6) is 0 Å². The highest BCUT2D eigenvalue weighted by molar-refractivity contribution is 8.00. The summed E-state index contributed by atoms with van der Waals surface area (Å²) in [6.07, 6.45) is 0.893. The second-order valence-corrected chi connectivity index (χ2v) is 7.65. The smallest absolute Gasteiger partial charge is 0.251 e. The van der Waals surface area contributed by atoms with E-state index in [1.807, 2.05) is 30.0 Å². The molecule has 0 atom stereocenters. The van der Waals surface area contributed by atoms with Crippen LogP contribution in [0.3, 0.4) is 0 Å². The van der Waals surface area contributed by atoms with Crippen molar-refractivity contribution in [2.45, 2.75) is 38.6 Å². The van der Waals surface area contributed by atoms with Gasteiger partial charge in [0.05, 0.1) is 18.0 Å². The minimum absolute atomic E-state index is 0.0783. The predicted molar refractivity (Wildman–Crippen MR) is 107 cm³/mol. The van der Waals surface area contributed by atoms with Crippen LogP contribution in [0, 0.1) is 13.8 Å². The molecule has 0 unspecified atom stereocenters. The van der Waals surface area contributed by atoms with Gasteiger partial charge in [-0.05, 0) is 49.6 Å². The number of carbonyl (C=O) groups is 2. The summed E-state index contributed by atoms with van der Waals surface area (Å²) in [6, 6.07) is 11.9. The van der Waals surface area contributed by atoms with Crippen molar-refractivity contribution < 1.29 is 9.59 Å². The Labute approximate surface area is 159 Å². The molecule has 0 fully saturated rings. The lowest BCUT2D eigenvalue weighted by molar-refractivity contribution is -0.116. The third-order valence-corrected chi connectivity index (χ3v) is 5.58. The third-order valence-electron chi connectivity index (χ3n) is 4.53. The van der Waals surface area contributed by atoms with Gasteiger partial charge in [0.1, 0.15) is 0 Å². The van der Waals surface area contributed by atoms with E-state index >= 15 is 0 Å². The minimum Gasteiger partial charge on any atom is -0.352 e. The van der Waals surface area contributed by atoms with Crippen LogP contribution in [0.2, 0.25) is 0 Å². The number of hydrogen-bond donors (Lipinski definition) is 1. The highest BCUT2D eigenvalue weighted by Gasteiger charge is 2.26. The van der Waals surface area contributed by atoms with E-state index in [0.717, 1.165) is 22.6 Å². The number of anilines is 1. The van der Waals surface area contributed by atoms with Crippen LogP contribution in [0.1, 0.15) is 40.4 Å². The molecule has 26 heavy (non-hydrogen) atoms. The van der Waals surface area contributed by atoms with Crippen molar-refractivity contribution in [2.75, 3.05) is 17.2 Å². The van der Waals surface area contributed by atoms with Crippen molar-refractivity contribution in [3.8, 4) is 0 Å². The molecule has 1 N–H and O–H groups in total. The van der Waals surface area contributed by atoms with Gasteiger partial charge < -0.3 is 10.2 Å². The average molecular weight is 369 g/mol. The molecule has 0 saturated carbocycles. The number of fused-ring (bicyclic) bond motifs is 1. The number of hydrogen-bond acceptors (Lipinski definition) is 3. The standard InChI is InChI=1S/C21H24N2O2S/c1-4-9-22-21(25)16-7-8-19-18(11-16)23(20(24)13-26-19)12-17-10-14(2)5-6-15(17)3/h5-8,10-11H,4,9,12-13H2,1-3H3,(H,22,25). The Kier molecular flexibility index (Phi) is 5.67. The van der Waals surface area contributed by atoms with Crippen molar-refractivity contribution in [1.29, 1.82) is 0 Å². The van der Waals surface area contributed by atoms with E-state index in [1.54, 1.807) is 0 Å². The first-order valence-corrected chi connectivity index (χ1v) is 9.89. The minimum atomic E-state index is -0.0932. The Bertz CT molecular complexity index is 848. The first-order chi connectivity index (χ1) is 12.5. The summed E-state index contributed by atoms with van der Waals surface area (Å²) in [7, 11) is 0. The van der Waals surface area contributed by atoms with E-state index in [-0.39, 0.29) is 11.8 Å².